The van der Waals surface area contributed by atoms with Gasteiger partial charge in [0.05, 0.1) is 6.26 Å². The second kappa shape index (κ2) is 7.22. The smallest absolute Gasteiger partial charge is 0.208 e. The molecule has 2 aromatic rings. The zero-order valence-corrected chi connectivity index (χ0v) is 16.1. The van der Waals surface area contributed by atoms with E-state index in [9.17, 15) is 16.8 Å². The predicted molar refractivity (Wildman–Crippen MR) is 97.9 cm³/mol. The number of nitrogens with zero attached hydrogens (tertiary/aromatic N) is 1. The highest BCUT2D eigenvalue weighted by molar-refractivity contribution is 7.93. The minimum atomic E-state index is -3.69. The largest absolute Gasteiger partial charge is 0.378 e. The van der Waals surface area contributed by atoms with Crippen molar-refractivity contribution in [2.24, 2.45) is 0 Å². The molecule has 0 saturated heterocycles. The van der Waals surface area contributed by atoms with E-state index in [0.717, 1.165) is 23.3 Å². The van der Waals surface area contributed by atoms with Gasteiger partial charge in [-0.25, -0.2) is 21.6 Å². The van der Waals surface area contributed by atoms with Crippen LogP contribution in [-0.2, 0) is 19.9 Å². The molecule has 0 aliphatic heterocycles. The molecule has 0 spiro atoms. The summed E-state index contributed by atoms with van der Waals surface area (Å²) in [5.41, 5.74) is 1.48. The van der Waals surface area contributed by atoms with E-state index in [2.05, 4.69) is 4.72 Å². The fourth-order valence-electron chi connectivity index (χ4n) is 2.19. The van der Waals surface area contributed by atoms with E-state index in [0.29, 0.717) is 5.56 Å². The van der Waals surface area contributed by atoms with Crippen LogP contribution in [0.2, 0.25) is 0 Å². The van der Waals surface area contributed by atoms with Gasteiger partial charge in [-0.1, -0.05) is 18.2 Å². The van der Waals surface area contributed by atoms with Gasteiger partial charge in [0.2, 0.25) is 10.0 Å². The first kappa shape index (κ1) is 18.9. The fourth-order valence-corrected chi connectivity index (χ4v) is 5.63. The quantitative estimate of drug-likeness (QED) is 0.783. The topological polar surface area (TPSA) is 83.6 Å². The van der Waals surface area contributed by atoms with Crippen LogP contribution in [0.1, 0.15) is 10.8 Å². The van der Waals surface area contributed by atoms with Crippen LogP contribution in [0.5, 0.6) is 0 Å². The molecule has 1 N–H and O–H groups in total. The molecule has 0 radical (unpaired) electrons. The van der Waals surface area contributed by atoms with Gasteiger partial charge in [-0.15, -0.1) is 11.3 Å². The van der Waals surface area contributed by atoms with Crippen LogP contribution in [0.3, 0.4) is 0 Å². The maximum absolute atomic E-state index is 12.9. The molecule has 0 fully saturated rings. The molecule has 0 saturated carbocycles. The first-order chi connectivity index (χ1) is 11.1. The number of nitrogens with one attached hydrogen (secondary N) is 1. The molecule has 1 aromatic carbocycles. The highest BCUT2D eigenvalue weighted by Gasteiger charge is 2.30. The normalized spacial score (nSPS) is 13.6. The van der Waals surface area contributed by atoms with Crippen LogP contribution >= 0.6 is 11.3 Å². The third-order valence-electron chi connectivity index (χ3n) is 3.46. The van der Waals surface area contributed by atoms with E-state index < -0.39 is 25.1 Å². The summed E-state index contributed by atoms with van der Waals surface area (Å²) in [5, 5.41) is 0.699. The number of sulfone groups is 1. The Kier molecular flexibility index (Phi) is 5.69. The van der Waals surface area contributed by atoms with Crippen molar-refractivity contribution in [2.45, 2.75) is 9.46 Å². The van der Waals surface area contributed by atoms with Gasteiger partial charge in [0, 0.05) is 26.3 Å². The monoisotopic (exact) mass is 388 g/mol. The zero-order chi connectivity index (χ0) is 18.0. The van der Waals surface area contributed by atoms with Crippen molar-refractivity contribution in [2.75, 3.05) is 31.8 Å². The van der Waals surface area contributed by atoms with Gasteiger partial charge in [0.15, 0.2) is 9.84 Å². The first-order valence-corrected chi connectivity index (χ1v) is 11.4. The highest BCUT2D eigenvalue weighted by atomic mass is 32.2. The van der Waals surface area contributed by atoms with Crippen molar-refractivity contribution in [3.05, 3.63) is 47.3 Å². The Hall–Kier alpha value is -1.42. The standard InChI is InChI=1S/C15H20N2O4S3/c1-17(2)13-8-6-12(7-9-13)14(11-16-23(3,18)19)24(20,21)15-5-4-10-22-15/h4-10,14,16H,11H2,1-3H3/t14-/m1/s1. The van der Waals surface area contributed by atoms with Crippen molar-refractivity contribution < 1.29 is 16.8 Å². The molecule has 0 amide bonds. The molecule has 132 valence electrons. The second-order valence-electron chi connectivity index (χ2n) is 5.57. The predicted octanol–water partition coefficient (Wildman–Crippen LogP) is 1.88. The third kappa shape index (κ3) is 4.56. The maximum Gasteiger partial charge on any atom is 0.208 e. The third-order valence-corrected chi connectivity index (χ3v) is 7.69. The summed E-state index contributed by atoms with van der Waals surface area (Å²) in [7, 11) is -3.41. The molecule has 6 nitrogen and oxygen atoms in total. The SMILES string of the molecule is CN(C)c1ccc([C@@H](CNS(C)(=O)=O)S(=O)(=O)c2cccs2)cc1. The summed E-state index contributed by atoms with van der Waals surface area (Å²) in [4.78, 5) is 1.90. The van der Waals surface area contributed by atoms with Crippen molar-refractivity contribution in [3.8, 4) is 0 Å². The summed E-state index contributed by atoms with van der Waals surface area (Å²) in [5.74, 6) is 0. The summed E-state index contributed by atoms with van der Waals surface area (Å²) in [6, 6.07) is 10.2. The minimum absolute atomic E-state index is 0.208. The average molecular weight is 389 g/mol. The molecule has 0 unspecified atom stereocenters. The lowest BCUT2D eigenvalue weighted by atomic mass is 10.1. The van der Waals surface area contributed by atoms with Gasteiger partial charge in [-0.3, -0.25) is 0 Å². The van der Waals surface area contributed by atoms with Gasteiger partial charge in [0.25, 0.3) is 0 Å². The number of anilines is 1. The van der Waals surface area contributed by atoms with Gasteiger partial charge in [-0.05, 0) is 29.1 Å². The molecule has 9 heteroatoms. The molecule has 2 rings (SSSR count). The Morgan fingerprint density at radius 3 is 2.17 bits per heavy atom. The second-order valence-corrected chi connectivity index (χ2v) is 10.7. The van der Waals surface area contributed by atoms with E-state index in [-0.39, 0.29) is 10.8 Å². The summed E-state index contributed by atoms with van der Waals surface area (Å²) in [6.45, 7) is -0.208. The molecular weight excluding hydrogens is 368 g/mol. The molecule has 0 aliphatic rings. The van der Waals surface area contributed by atoms with Gasteiger partial charge < -0.3 is 4.90 Å². The molecule has 0 bridgehead atoms. The van der Waals surface area contributed by atoms with E-state index in [1.165, 1.54) is 6.07 Å². The van der Waals surface area contributed by atoms with Crippen molar-refractivity contribution >= 4 is 36.9 Å². The van der Waals surface area contributed by atoms with Crippen LogP contribution < -0.4 is 9.62 Å². The number of thiophene rings is 1. The van der Waals surface area contributed by atoms with Crippen LogP contribution in [-0.4, -0.2) is 43.7 Å². The number of rotatable bonds is 7. The maximum atomic E-state index is 12.9. The van der Waals surface area contributed by atoms with Gasteiger partial charge in [0.1, 0.15) is 9.46 Å². The lowest BCUT2D eigenvalue weighted by Gasteiger charge is -2.19. The fraction of sp³-hybridized carbons (Fsp3) is 0.333. The van der Waals surface area contributed by atoms with Crippen molar-refractivity contribution in [1.29, 1.82) is 0 Å². The van der Waals surface area contributed by atoms with Crippen molar-refractivity contribution in [1.82, 2.24) is 4.72 Å². The number of benzene rings is 1. The molecule has 1 aromatic heterocycles. The molecule has 1 heterocycles. The minimum Gasteiger partial charge on any atom is -0.378 e. The Bertz CT molecular complexity index is 871. The Morgan fingerprint density at radius 2 is 1.71 bits per heavy atom. The summed E-state index contributed by atoms with van der Waals surface area (Å²) >= 11 is 1.12. The van der Waals surface area contributed by atoms with E-state index >= 15 is 0 Å². The van der Waals surface area contributed by atoms with Crippen LogP contribution in [0.15, 0.2) is 46.0 Å². The van der Waals surface area contributed by atoms with Gasteiger partial charge >= 0.3 is 0 Å². The molecule has 24 heavy (non-hydrogen) atoms. The molecule has 0 aliphatic carbocycles. The van der Waals surface area contributed by atoms with E-state index in [4.69, 9.17) is 0 Å². The van der Waals surface area contributed by atoms with Crippen molar-refractivity contribution in [3.63, 3.8) is 0 Å². The Balaban J connectivity index is 2.43. The summed E-state index contributed by atoms with van der Waals surface area (Å²) in [6.07, 6.45) is 1.01. The lowest BCUT2D eigenvalue weighted by molar-refractivity contribution is 0.573. The number of hydrogen-bond donors (Lipinski definition) is 1. The lowest BCUT2D eigenvalue weighted by Crippen LogP contribution is -2.31. The first-order valence-electron chi connectivity index (χ1n) is 7.10. The van der Waals surface area contributed by atoms with Crippen LogP contribution in [0.4, 0.5) is 5.69 Å². The zero-order valence-electron chi connectivity index (χ0n) is 13.6. The van der Waals surface area contributed by atoms with Crippen LogP contribution in [0, 0.1) is 0 Å². The average Bonchev–Trinajstić information content (AvgIpc) is 3.01. The highest BCUT2D eigenvalue weighted by Crippen LogP contribution is 2.32. The number of sulfonamides is 1. The van der Waals surface area contributed by atoms with E-state index in [1.807, 2.05) is 31.1 Å². The molecular formula is C15H20N2O4S3. The Morgan fingerprint density at radius 1 is 1.08 bits per heavy atom. The van der Waals surface area contributed by atoms with Gasteiger partial charge in [-0.2, -0.15) is 0 Å². The Labute approximate surface area is 147 Å². The van der Waals surface area contributed by atoms with Crippen LogP contribution in [0.25, 0.3) is 0 Å². The number of hydrogen-bond acceptors (Lipinski definition) is 6. The van der Waals surface area contributed by atoms with E-state index in [1.54, 1.807) is 23.6 Å². The molecule has 1 atom stereocenters. The summed E-state index contributed by atoms with van der Waals surface area (Å²) < 4.78 is 51.2.